The molecule has 82 valence electrons. The summed E-state index contributed by atoms with van der Waals surface area (Å²) in [5.41, 5.74) is 1.48. The van der Waals surface area contributed by atoms with Gasteiger partial charge in [-0.1, -0.05) is 40.5 Å². The fourth-order valence-electron chi connectivity index (χ4n) is 2.70. The van der Waals surface area contributed by atoms with Crippen LogP contribution in [0.5, 0.6) is 0 Å². The smallest absolute Gasteiger partial charge is 0.0210 e. The Morgan fingerprint density at radius 1 is 1.20 bits per heavy atom. The highest BCUT2D eigenvalue weighted by atomic mass is 79.9. The summed E-state index contributed by atoms with van der Waals surface area (Å²) < 4.78 is 1.27. The minimum atomic E-state index is 0.704. The SMILES string of the molecule is CN(C)C1CCCC1c1ccccc1Br. The van der Waals surface area contributed by atoms with Crippen LogP contribution in [0.15, 0.2) is 28.7 Å². The predicted molar refractivity (Wildman–Crippen MR) is 68.2 cm³/mol. The van der Waals surface area contributed by atoms with Crippen LogP contribution in [0.25, 0.3) is 0 Å². The summed E-state index contributed by atoms with van der Waals surface area (Å²) in [6.07, 6.45) is 4.01. The van der Waals surface area contributed by atoms with Crippen LogP contribution in [0.2, 0.25) is 0 Å². The molecule has 0 bridgehead atoms. The molecule has 0 amide bonds. The molecule has 0 aliphatic heterocycles. The maximum absolute atomic E-state index is 3.66. The lowest BCUT2D eigenvalue weighted by Gasteiger charge is -2.27. The predicted octanol–water partition coefficient (Wildman–Crippen LogP) is 3.65. The summed E-state index contributed by atoms with van der Waals surface area (Å²) in [5.74, 6) is 0.704. The third-order valence-corrected chi connectivity index (χ3v) is 4.17. The number of likely N-dealkylation sites (N-methyl/N-ethyl adjacent to an activating group) is 1. The molecule has 0 saturated heterocycles. The zero-order valence-corrected chi connectivity index (χ0v) is 11.0. The van der Waals surface area contributed by atoms with Gasteiger partial charge < -0.3 is 4.90 Å². The van der Waals surface area contributed by atoms with Gasteiger partial charge >= 0.3 is 0 Å². The maximum atomic E-state index is 3.66. The topological polar surface area (TPSA) is 3.24 Å². The molecule has 0 heterocycles. The molecule has 0 aromatic heterocycles. The minimum Gasteiger partial charge on any atom is -0.306 e. The number of halogens is 1. The van der Waals surface area contributed by atoms with Crippen molar-refractivity contribution in [3.63, 3.8) is 0 Å². The first-order chi connectivity index (χ1) is 7.20. The van der Waals surface area contributed by atoms with Gasteiger partial charge in [-0.15, -0.1) is 0 Å². The van der Waals surface area contributed by atoms with Crippen molar-refractivity contribution in [2.75, 3.05) is 14.1 Å². The van der Waals surface area contributed by atoms with Crippen molar-refractivity contribution in [3.05, 3.63) is 34.3 Å². The highest BCUT2D eigenvalue weighted by Crippen LogP contribution is 2.39. The van der Waals surface area contributed by atoms with E-state index in [1.807, 2.05) is 0 Å². The first-order valence-electron chi connectivity index (χ1n) is 5.61. The second-order valence-electron chi connectivity index (χ2n) is 4.59. The molecular weight excluding hydrogens is 250 g/mol. The molecule has 1 aliphatic rings. The second kappa shape index (κ2) is 4.67. The van der Waals surface area contributed by atoms with E-state index in [-0.39, 0.29) is 0 Å². The lowest BCUT2D eigenvalue weighted by atomic mass is 9.93. The molecule has 0 radical (unpaired) electrons. The van der Waals surface area contributed by atoms with E-state index in [1.165, 1.54) is 29.3 Å². The average Bonchev–Trinajstić information content (AvgIpc) is 2.67. The summed E-state index contributed by atoms with van der Waals surface area (Å²) >= 11 is 3.66. The number of hydrogen-bond acceptors (Lipinski definition) is 1. The Balaban J connectivity index is 2.27. The van der Waals surface area contributed by atoms with Crippen LogP contribution < -0.4 is 0 Å². The van der Waals surface area contributed by atoms with E-state index in [0.717, 1.165) is 0 Å². The van der Waals surface area contributed by atoms with Gasteiger partial charge in [0.1, 0.15) is 0 Å². The van der Waals surface area contributed by atoms with E-state index in [4.69, 9.17) is 0 Å². The lowest BCUT2D eigenvalue weighted by molar-refractivity contribution is 0.275. The van der Waals surface area contributed by atoms with Gasteiger partial charge in [-0.2, -0.15) is 0 Å². The molecule has 2 unspecified atom stereocenters. The molecule has 1 aromatic rings. The fourth-order valence-corrected chi connectivity index (χ4v) is 3.28. The van der Waals surface area contributed by atoms with E-state index in [9.17, 15) is 0 Å². The molecule has 1 saturated carbocycles. The molecule has 2 rings (SSSR count). The zero-order valence-electron chi connectivity index (χ0n) is 9.41. The van der Waals surface area contributed by atoms with E-state index in [1.54, 1.807) is 0 Å². The van der Waals surface area contributed by atoms with Crippen molar-refractivity contribution in [2.24, 2.45) is 0 Å². The Hall–Kier alpha value is -0.340. The quantitative estimate of drug-likeness (QED) is 0.791. The summed E-state index contributed by atoms with van der Waals surface area (Å²) in [5, 5.41) is 0. The molecule has 1 aromatic carbocycles. The third kappa shape index (κ3) is 2.26. The highest BCUT2D eigenvalue weighted by Gasteiger charge is 2.30. The molecule has 2 atom stereocenters. The summed E-state index contributed by atoms with van der Waals surface area (Å²) in [6.45, 7) is 0. The van der Waals surface area contributed by atoms with Crippen LogP contribution in [0.4, 0.5) is 0 Å². The van der Waals surface area contributed by atoms with Gasteiger partial charge in [-0.3, -0.25) is 0 Å². The van der Waals surface area contributed by atoms with Crippen LogP contribution in [-0.2, 0) is 0 Å². The molecule has 1 aliphatic carbocycles. The normalized spacial score (nSPS) is 26.1. The number of nitrogens with zero attached hydrogens (tertiary/aromatic N) is 1. The Morgan fingerprint density at radius 3 is 2.60 bits per heavy atom. The van der Waals surface area contributed by atoms with Crippen LogP contribution >= 0.6 is 15.9 Å². The first-order valence-corrected chi connectivity index (χ1v) is 6.40. The molecule has 1 fully saturated rings. The summed E-state index contributed by atoms with van der Waals surface area (Å²) in [4.78, 5) is 2.37. The highest BCUT2D eigenvalue weighted by molar-refractivity contribution is 9.10. The first kappa shape index (κ1) is 11.2. The van der Waals surface area contributed by atoms with Gasteiger partial charge in [0, 0.05) is 16.4 Å². The van der Waals surface area contributed by atoms with Crippen molar-refractivity contribution in [3.8, 4) is 0 Å². The average molecular weight is 268 g/mol. The van der Waals surface area contributed by atoms with Gasteiger partial charge in [0.2, 0.25) is 0 Å². The van der Waals surface area contributed by atoms with Gasteiger partial charge in [0.05, 0.1) is 0 Å². The number of benzene rings is 1. The zero-order chi connectivity index (χ0) is 10.8. The lowest BCUT2D eigenvalue weighted by Crippen LogP contribution is -2.30. The standard InChI is InChI=1S/C13H18BrN/c1-15(2)13-9-5-7-11(13)10-6-3-4-8-12(10)14/h3-4,6,8,11,13H,5,7,9H2,1-2H3. The minimum absolute atomic E-state index is 0.704. The fraction of sp³-hybridized carbons (Fsp3) is 0.538. The molecule has 2 heteroatoms. The molecular formula is C13H18BrN. The van der Waals surface area contributed by atoms with E-state index in [2.05, 4.69) is 59.2 Å². The Morgan fingerprint density at radius 2 is 1.93 bits per heavy atom. The second-order valence-corrected chi connectivity index (χ2v) is 5.44. The van der Waals surface area contributed by atoms with Crippen molar-refractivity contribution in [2.45, 2.75) is 31.2 Å². The Labute approximate surface area is 101 Å². The van der Waals surface area contributed by atoms with E-state index < -0.39 is 0 Å². The van der Waals surface area contributed by atoms with Gasteiger partial charge in [0.25, 0.3) is 0 Å². The van der Waals surface area contributed by atoms with Crippen LogP contribution in [-0.4, -0.2) is 25.0 Å². The van der Waals surface area contributed by atoms with Crippen LogP contribution in [0, 0.1) is 0 Å². The maximum Gasteiger partial charge on any atom is 0.0210 e. The number of rotatable bonds is 2. The Bertz CT molecular complexity index is 335. The van der Waals surface area contributed by atoms with Crippen LogP contribution in [0.3, 0.4) is 0 Å². The molecule has 1 nitrogen and oxygen atoms in total. The monoisotopic (exact) mass is 267 g/mol. The Kier molecular flexibility index (Phi) is 3.47. The molecule has 15 heavy (non-hydrogen) atoms. The summed E-state index contributed by atoms with van der Waals surface area (Å²) in [7, 11) is 4.39. The summed E-state index contributed by atoms with van der Waals surface area (Å²) in [6, 6.07) is 9.36. The van der Waals surface area contributed by atoms with Crippen LogP contribution in [0.1, 0.15) is 30.7 Å². The van der Waals surface area contributed by atoms with Crippen molar-refractivity contribution in [1.82, 2.24) is 4.90 Å². The van der Waals surface area contributed by atoms with E-state index in [0.29, 0.717) is 12.0 Å². The largest absolute Gasteiger partial charge is 0.306 e. The van der Waals surface area contributed by atoms with Crippen molar-refractivity contribution >= 4 is 15.9 Å². The third-order valence-electron chi connectivity index (χ3n) is 3.45. The van der Waals surface area contributed by atoms with Crippen molar-refractivity contribution < 1.29 is 0 Å². The van der Waals surface area contributed by atoms with E-state index >= 15 is 0 Å². The number of hydrogen-bond donors (Lipinski definition) is 0. The van der Waals surface area contributed by atoms with Gasteiger partial charge in [-0.05, 0) is 38.6 Å². The van der Waals surface area contributed by atoms with Gasteiger partial charge in [0.15, 0.2) is 0 Å². The van der Waals surface area contributed by atoms with Gasteiger partial charge in [-0.25, -0.2) is 0 Å². The molecule has 0 spiro atoms. The van der Waals surface area contributed by atoms with Crippen molar-refractivity contribution in [1.29, 1.82) is 0 Å². The molecule has 0 N–H and O–H groups in total.